The molecule has 5 nitrogen and oxygen atoms in total. The molecule has 3 rings (SSSR count). The number of methoxy groups -OCH3 is 1. The smallest absolute Gasteiger partial charge is 0.336 e. The number of rotatable bonds is 5. The van der Waals surface area contributed by atoms with Gasteiger partial charge in [-0.3, -0.25) is 0 Å². The zero-order valence-corrected chi connectivity index (χ0v) is 13.2. The number of nitrogens with zero attached hydrogens (tertiary/aromatic N) is 1. The van der Waals surface area contributed by atoms with Crippen molar-refractivity contribution in [2.24, 2.45) is 0 Å². The van der Waals surface area contributed by atoms with Crippen molar-refractivity contribution in [3.05, 3.63) is 70.1 Å². The second kappa shape index (κ2) is 6.88. The fraction of sp³-hybridized carbons (Fsp3) is 0.158. The van der Waals surface area contributed by atoms with Crippen LogP contribution in [0.2, 0.25) is 0 Å². The van der Waals surface area contributed by atoms with E-state index in [0.717, 1.165) is 22.2 Å². The van der Waals surface area contributed by atoms with Crippen LogP contribution in [0.1, 0.15) is 11.1 Å². The first kappa shape index (κ1) is 15.6. The molecule has 120 valence electrons. The van der Waals surface area contributed by atoms with Crippen LogP contribution >= 0.6 is 0 Å². The van der Waals surface area contributed by atoms with Crippen LogP contribution in [0.5, 0.6) is 5.75 Å². The molecule has 1 N–H and O–H groups in total. The van der Waals surface area contributed by atoms with E-state index in [-0.39, 0.29) is 0 Å². The maximum Gasteiger partial charge on any atom is 0.336 e. The van der Waals surface area contributed by atoms with Gasteiger partial charge in [-0.15, -0.1) is 0 Å². The third-order valence-corrected chi connectivity index (χ3v) is 3.76. The summed E-state index contributed by atoms with van der Waals surface area (Å²) in [6.45, 7) is 0.492. The van der Waals surface area contributed by atoms with Crippen molar-refractivity contribution in [3.8, 4) is 11.8 Å². The summed E-state index contributed by atoms with van der Waals surface area (Å²) in [6, 6.07) is 16.7. The van der Waals surface area contributed by atoms with Crippen LogP contribution in [0.25, 0.3) is 11.0 Å². The largest absolute Gasteiger partial charge is 0.497 e. The van der Waals surface area contributed by atoms with Gasteiger partial charge in [0.15, 0.2) is 0 Å². The third kappa shape index (κ3) is 3.39. The number of benzene rings is 2. The zero-order valence-electron chi connectivity index (χ0n) is 13.2. The van der Waals surface area contributed by atoms with E-state index in [1.807, 2.05) is 36.4 Å². The molecule has 1 aromatic heterocycles. The van der Waals surface area contributed by atoms with Crippen LogP contribution < -0.4 is 15.7 Å². The molecule has 0 aliphatic rings. The van der Waals surface area contributed by atoms with E-state index in [9.17, 15) is 4.79 Å². The quantitative estimate of drug-likeness (QED) is 0.728. The first-order valence-corrected chi connectivity index (χ1v) is 7.50. The highest BCUT2D eigenvalue weighted by atomic mass is 16.5. The van der Waals surface area contributed by atoms with Gasteiger partial charge in [-0.1, -0.05) is 12.1 Å². The minimum absolute atomic E-state index is 0.392. The Hall–Kier alpha value is -3.26. The van der Waals surface area contributed by atoms with Gasteiger partial charge in [-0.2, -0.15) is 5.26 Å². The molecule has 0 unspecified atom stereocenters. The van der Waals surface area contributed by atoms with Gasteiger partial charge < -0.3 is 14.5 Å². The van der Waals surface area contributed by atoms with Crippen LogP contribution in [-0.4, -0.2) is 7.11 Å². The number of hydrogen-bond acceptors (Lipinski definition) is 5. The standard InChI is InChI=1S/C19H16N2O3/c1-23-16-6-7-17-14(10-19(22)24-18(17)11-16)12-21-15-4-2-13(3-5-15)8-9-20/h2-7,10-11,21H,8,12H2,1H3. The van der Waals surface area contributed by atoms with Crippen LogP contribution in [0.15, 0.2) is 57.7 Å². The van der Waals surface area contributed by atoms with E-state index in [1.54, 1.807) is 13.2 Å². The number of anilines is 1. The predicted octanol–water partition coefficient (Wildman–Crippen LogP) is 3.48. The van der Waals surface area contributed by atoms with E-state index in [2.05, 4.69) is 11.4 Å². The van der Waals surface area contributed by atoms with Crippen molar-refractivity contribution >= 4 is 16.7 Å². The Bertz CT molecular complexity index is 953. The van der Waals surface area contributed by atoms with Gasteiger partial charge in [0, 0.05) is 29.8 Å². The fourth-order valence-corrected chi connectivity index (χ4v) is 2.51. The van der Waals surface area contributed by atoms with Gasteiger partial charge in [0.2, 0.25) is 0 Å². The Kier molecular flexibility index (Phi) is 4.48. The lowest BCUT2D eigenvalue weighted by atomic mass is 10.1. The summed E-state index contributed by atoms with van der Waals surface area (Å²) in [4.78, 5) is 11.8. The Labute approximate surface area is 139 Å². The Morgan fingerprint density at radius 3 is 2.67 bits per heavy atom. The second-order valence-electron chi connectivity index (χ2n) is 5.34. The molecule has 0 radical (unpaired) electrons. The summed E-state index contributed by atoms with van der Waals surface area (Å²) in [5.41, 5.74) is 2.86. The highest BCUT2D eigenvalue weighted by Crippen LogP contribution is 2.23. The van der Waals surface area contributed by atoms with Gasteiger partial charge in [0.1, 0.15) is 11.3 Å². The van der Waals surface area contributed by atoms with Crippen molar-refractivity contribution in [3.63, 3.8) is 0 Å². The van der Waals surface area contributed by atoms with Crippen LogP contribution in [-0.2, 0) is 13.0 Å². The molecule has 0 atom stereocenters. The summed E-state index contributed by atoms with van der Waals surface area (Å²) in [6.07, 6.45) is 0.395. The Morgan fingerprint density at radius 2 is 1.96 bits per heavy atom. The van der Waals surface area contributed by atoms with E-state index in [0.29, 0.717) is 24.3 Å². The predicted molar refractivity (Wildman–Crippen MR) is 92.1 cm³/mol. The molecule has 0 spiro atoms. The number of nitriles is 1. The van der Waals surface area contributed by atoms with Crippen LogP contribution in [0, 0.1) is 11.3 Å². The molecule has 0 aliphatic heterocycles. The zero-order chi connectivity index (χ0) is 16.9. The van der Waals surface area contributed by atoms with Gasteiger partial charge in [-0.25, -0.2) is 4.79 Å². The van der Waals surface area contributed by atoms with E-state index < -0.39 is 5.63 Å². The van der Waals surface area contributed by atoms with Gasteiger partial charge in [0.25, 0.3) is 0 Å². The lowest BCUT2D eigenvalue weighted by Gasteiger charge is -2.09. The average Bonchev–Trinajstić information content (AvgIpc) is 2.60. The summed E-state index contributed by atoms with van der Waals surface area (Å²) in [5, 5.41) is 12.8. The molecular weight excluding hydrogens is 304 g/mol. The molecule has 1 heterocycles. The lowest BCUT2D eigenvalue weighted by Crippen LogP contribution is -2.06. The summed E-state index contributed by atoms with van der Waals surface area (Å²) in [5.74, 6) is 0.642. The summed E-state index contributed by atoms with van der Waals surface area (Å²) in [7, 11) is 1.57. The molecule has 5 heteroatoms. The van der Waals surface area contributed by atoms with Crippen molar-refractivity contribution in [2.75, 3.05) is 12.4 Å². The molecule has 0 saturated carbocycles. The molecule has 0 amide bonds. The minimum Gasteiger partial charge on any atom is -0.497 e. The van der Waals surface area contributed by atoms with E-state index in [1.165, 1.54) is 6.07 Å². The third-order valence-electron chi connectivity index (χ3n) is 3.76. The monoisotopic (exact) mass is 320 g/mol. The topological polar surface area (TPSA) is 75.3 Å². The number of fused-ring (bicyclic) bond motifs is 1. The second-order valence-corrected chi connectivity index (χ2v) is 5.34. The van der Waals surface area contributed by atoms with Crippen molar-refractivity contribution in [1.82, 2.24) is 0 Å². The molecule has 2 aromatic carbocycles. The molecule has 0 bridgehead atoms. The molecule has 0 aliphatic carbocycles. The molecular formula is C19H16N2O3. The van der Waals surface area contributed by atoms with Gasteiger partial charge >= 0.3 is 5.63 Å². The Morgan fingerprint density at radius 1 is 1.17 bits per heavy atom. The molecule has 0 saturated heterocycles. The Balaban J connectivity index is 1.84. The number of hydrogen-bond donors (Lipinski definition) is 1. The van der Waals surface area contributed by atoms with Gasteiger partial charge in [-0.05, 0) is 35.4 Å². The highest BCUT2D eigenvalue weighted by Gasteiger charge is 2.07. The van der Waals surface area contributed by atoms with Crippen LogP contribution in [0.3, 0.4) is 0 Å². The summed E-state index contributed by atoms with van der Waals surface area (Å²) >= 11 is 0. The lowest BCUT2D eigenvalue weighted by molar-refractivity contribution is 0.414. The van der Waals surface area contributed by atoms with Crippen molar-refractivity contribution < 1.29 is 9.15 Å². The van der Waals surface area contributed by atoms with Crippen molar-refractivity contribution in [1.29, 1.82) is 5.26 Å². The first-order valence-electron chi connectivity index (χ1n) is 7.50. The normalized spacial score (nSPS) is 10.3. The van der Waals surface area contributed by atoms with E-state index in [4.69, 9.17) is 14.4 Å². The molecule has 24 heavy (non-hydrogen) atoms. The highest BCUT2D eigenvalue weighted by molar-refractivity contribution is 5.81. The average molecular weight is 320 g/mol. The minimum atomic E-state index is -0.392. The van der Waals surface area contributed by atoms with Crippen LogP contribution in [0.4, 0.5) is 5.69 Å². The fourth-order valence-electron chi connectivity index (χ4n) is 2.51. The first-order chi connectivity index (χ1) is 11.7. The molecule has 3 aromatic rings. The van der Waals surface area contributed by atoms with Crippen molar-refractivity contribution in [2.45, 2.75) is 13.0 Å². The maximum absolute atomic E-state index is 11.8. The number of nitrogens with one attached hydrogen (secondary N) is 1. The SMILES string of the molecule is COc1ccc2c(CNc3ccc(CC#N)cc3)cc(=O)oc2c1. The molecule has 0 fully saturated rings. The maximum atomic E-state index is 11.8. The van der Waals surface area contributed by atoms with E-state index >= 15 is 0 Å². The summed E-state index contributed by atoms with van der Waals surface area (Å²) < 4.78 is 10.4. The number of ether oxygens (including phenoxy) is 1. The van der Waals surface area contributed by atoms with Gasteiger partial charge in [0.05, 0.1) is 19.6 Å².